The molecule has 106 valence electrons. The van der Waals surface area contributed by atoms with E-state index in [4.69, 9.17) is 5.73 Å². The molecule has 0 aromatic heterocycles. The van der Waals surface area contributed by atoms with Gasteiger partial charge in [-0.1, -0.05) is 6.92 Å². The Balaban J connectivity index is 2.51. The Morgan fingerprint density at radius 1 is 1.37 bits per heavy atom. The summed E-state index contributed by atoms with van der Waals surface area (Å²) in [4.78, 5) is 0.266. The maximum absolute atomic E-state index is 12.8. The van der Waals surface area contributed by atoms with E-state index in [0.29, 0.717) is 21.2 Å². The summed E-state index contributed by atoms with van der Waals surface area (Å²) in [6, 6.07) is 3.34. The molecule has 1 fully saturated rings. The van der Waals surface area contributed by atoms with Gasteiger partial charge < -0.3 is 5.73 Å². The molecule has 7 heteroatoms. The van der Waals surface area contributed by atoms with E-state index in [0.717, 1.165) is 19.3 Å². The van der Waals surface area contributed by atoms with E-state index >= 15 is 0 Å². The third-order valence-corrected chi connectivity index (χ3v) is 7.21. The molecule has 1 unspecified atom stereocenters. The van der Waals surface area contributed by atoms with Crippen LogP contribution < -0.4 is 5.73 Å². The van der Waals surface area contributed by atoms with Crippen LogP contribution in [0.15, 0.2) is 26.0 Å². The van der Waals surface area contributed by atoms with Crippen LogP contribution in [0.3, 0.4) is 0 Å². The van der Waals surface area contributed by atoms with Crippen molar-refractivity contribution in [2.24, 2.45) is 0 Å². The number of hydrogen-bond donors (Lipinski definition) is 1. The number of hydrogen-bond acceptors (Lipinski definition) is 3. The summed E-state index contributed by atoms with van der Waals surface area (Å²) in [5.41, 5.74) is 6.23. The average Bonchev–Trinajstić information content (AvgIpc) is 2.75. The van der Waals surface area contributed by atoms with Crippen LogP contribution in [-0.4, -0.2) is 25.3 Å². The van der Waals surface area contributed by atoms with Crippen molar-refractivity contribution in [3.63, 3.8) is 0 Å². The fraction of sp³-hybridized carbons (Fsp3) is 0.500. The molecule has 1 heterocycles. The fourth-order valence-electron chi connectivity index (χ4n) is 2.48. The fourth-order valence-corrected chi connectivity index (χ4v) is 6.79. The Kier molecular flexibility index (Phi) is 4.59. The molecule has 0 amide bonds. The number of halogens is 2. The zero-order valence-corrected chi connectivity index (χ0v) is 14.6. The second-order valence-electron chi connectivity index (χ2n) is 4.63. The molecule has 4 nitrogen and oxygen atoms in total. The van der Waals surface area contributed by atoms with Crippen molar-refractivity contribution in [1.29, 1.82) is 0 Å². The highest BCUT2D eigenvalue weighted by Gasteiger charge is 2.36. The molecule has 2 N–H and O–H groups in total. The molecule has 19 heavy (non-hydrogen) atoms. The predicted octanol–water partition coefficient (Wildman–Crippen LogP) is 3.36. The first-order chi connectivity index (χ1) is 8.87. The van der Waals surface area contributed by atoms with E-state index in [1.54, 1.807) is 16.4 Å². The van der Waals surface area contributed by atoms with Crippen molar-refractivity contribution in [3.8, 4) is 0 Å². The number of nitrogens with two attached hydrogens (primary N) is 1. The number of rotatable bonds is 3. The van der Waals surface area contributed by atoms with Gasteiger partial charge in [0, 0.05) is 27.2 Å². The van der Waals surface area contributed by atoms with Crippen molar-refractivity contribution in [3.05, 3.63) is 21.1 Å². The maximum Gasteiger partial charge on any atom is 0.245 e. The van der Waals surface area contributed by atoms with E-state index in [-0.39, 0.29) is 10.9 Å². The average molecular weight is 412 g/mol. The van der Waals surface area contributed by atoms with Gasteiger partial charge in [-0.15, -0.1) is 0 Å². The quantitative estimate of drug-likeness (QED) is 0.775. The number of benzene rings is 1. The van der Waals surface area contributed by atoms with Crippen LogP contribution in [0.1, 0.15) is 26.2 Å². The smallest absolute Gasteiger partial charge is 0.245 e. The van der Waals surface area contributed by atoms with Crippen molar-refractivity contribution in [2.75, 3.05) is 12.3 Å². The number of nitrogen functional groups attached to an aromatic ring is 1. The highest BCUT2D eigenvalue weighted by Crippen LogP contribution is 2.37. The monoisotopic (exact) mass is 410 g/mol. The normalized spacial score (nSPS) is 20.9. The van der Waals surface area contributed by atoms with Gasteiger partial charge in [0.15, 0.2) is 0 Å². The van der Waals surface area contributed by atoms with Gasteiger partial charge >= 0.3 is 0 Å². The molecule has 0 spiro atoms. The minimum absolute atomic E-state index is 0.0985. The number of nitrogens with zero attached hydrogens (tertiary/aromatic N) is 1. The van der Waals surface area contributed by atoms with Crippen LogP contribution in [0.5, 0.6) is 0 Å². The highest BCUT2D eigenvalue weighted by atomic mass is 79.9. The zero-order valence-electron chi connectivity index (χ0n) is 10.6. The Hall–Kier alpha value is -0.110. The SMILES string of the molecule is CCC1CCCN1S(=O)(=O)c1c(Br)cc(N)cc1Br. The van der Waals surface area contributed by atoms with Gasteiger partial charge in [-0.25, -0.2) is 8.42 Å². The molecule has 1 aromatic rings. The highest BCUT2D eigenvalue weighted by molar-refractivity contribution is 9.11. The van der Waals surface area contributed by atoms with Gasteiger partial charge in [0.1, 0.15) is 4.90 Å². The van der Waals surface area contributed by atoms with Crippen molar-refractivity contribution in [2.45, 2.75) is 37.1 Å². The molecule has 2 rings (SSSR count). The third kappa shape index (κ3) is 2.84. The van der Waals surface area contributed by atoms with Crippen LogP contribution in [0, 0.1) is 0 Å². The lowest BCUT2D eigenvalue weighted by atomic mass is 10.2. The first kappa shape index (κ1) is 15.3. The predicted molar refractivity (Wildman–Crippen MR) is 83.5 cm³/mol. The first-order valence-corrected chi connectivity index (χ1v) is 9.17. The number of anilines is 1. The molecule has 0 aliphatic carbocycles. The third-order valence-electron chi connectivity index (χ3n) is 3.38. The Morgan fingerprint density at radius 3 is 2.47 bits per heavy atom. The molecule has 0 saturated carbocycles. The largest absolute Gasteiger partial charge is 0.399 e. The molecule has 0 radical (unpaired) electrons. The van der Waals surface area contributed by atoms with E-state index in [2.05, 4.69) is 31.9 Å². The lowest BCUT2D eigenvalue weighted by Crippen LogP contribution is -2.35. The van der Waals surface area contributed by atoms with Gasteiger partial charge in [-0.05, 0) is 63.3 Å². The molecule has 0 bridgehead atoms. The molecule has 1 aromatic carbocycles. The summed E-state index contributed by atoms with van der Waals surface area (Å²) >= 11 is 6.61. The second kappa shape index (κ2) is 5.71. The van der Waals surface area contributed by atoms with Crippen molar-refractivity contribution >= 4 is 47.6 Å². The standard InChI is InChI=1S/C12H16Br2N2O2S/c1-2-9-4-3-5-16(9)19(17,18)12-10(13)6-8(15)7-11(12)14/h6-7,9H,2-5,15H2,1H3. The van der Waals surface area contributed by atoms with E-state index in [9.17, 15) is 8.42 Å². The zero-order chi connectivity index (χ0) is 14.2. The van der Waals surface area contributed by atoms with Crippen LogP contribution in [-0.2, 0) is 10.0 Å². The van der Waals surface area contributed by atoms with Crippen LogP contribution in [0.4, 0.5) is 5.69 Å². The minimum atomic E-state index is -3.49. The van der Waals surface area contributed by atoms with E-state index in [1.165, 1.54) is 0 Å². The molecule has 1 aliphatic heterocycles. The molecular weight excluding hydrogens is 396 g/mol. The number of sulfonamides is 1. The molecular formula is C12H16Br2N2O2S. The van der Waals surface area contributed by atoms with Gasteiger partial charge in [-0.3, -0.25) is 0 Å². The summed E-state index contributed by atoms with van der Waals surface area (Å²) in [5.74, 6) is 0. The summed E-state index contributed by atoms with van der Waals surface area (Å²) < 4.78 is 28.2. The Bertz CT molecular complexity index is 566. The summed E-state index contributed by atoms with van der Waals surface area (Å²) in [6.45, 7) is 2.61. The van der Waals surface area contributed by atoms with Crippen LogP contribution in [0.25, 0.3) is 0 Å². The Labute approximate surface area is 130 Å². The topological polar surface area (TPSA) is 63.4 Å². The Morgan fingerprint density at radius 2 is 1.95 bits per heavy atom. The van der Waals surface area contributed by atoms with Crippen molar-refractivity contribution in [1.82, 2.24) is 4.31 Å². The van der Waals surface area contributed by atoms with Gasteiger partial charge in [0.25, 0.3) is 0 Å². The first-order valence-electron chi connectivity index (χ1n) is 6.14. The molecule has 1 aliphatic rings. The second-order valence-corrected chi connectivity index (χ2v) is 8.17. The van der Waals surface area contributed by atoms with Gasteiger partial charge in [0.05, 0.1) is 0 Å². The van der Waals surface area contributed by atoms with Crippen molar-refractivity contribution < 1.29 is 8.42 Å². The lowest BCUT2D eigenvalue weighted by molar-refractivity contribution is 0.379. The minimum Gasteiger partial charge on any atom is -0.399 e. The van der Waals surface area contributed by atoms with Crippen LogP contribution >= 0.6 is 31.9 Å². The van der Waals surface area contributed by atoms with Crippen LogP contribution in [0.2, 0.25) is 0 Å². The molecule has 1 saturated heterocycles. The summed E-state index contributed by atoms with van der Waals surface area (Å²) in [6.07, 6.45) is 2.69. The van der Waals surface area contributed by atoms with E-state index < -0.39 is 10.0 Å². The van der Waals surface area contributed by atoms with E-state index in [1.807, 2.05) is 6.92 Å². The summed E-state index contributed by atoms with van der Waals surface area (Å²) in [7, 11) is -3.49. The van der Waals surface area contributed by atoms with Gasteiger partial charge in [0.2, 0.25) is 10.0 Å². The molecule has 1 atom stereocenters. The maximum atomic E-state index is 12.8. The van der Waals surface area contributed by atoms with Gasteiger partial charge in [-0.2, -0.15) is 4.31 Å². The summed E-state index contributed by atoms with van der Waals surface area (Å²) in [5, 5.41) is 0. The lowest BCUT2D eigenvalue weighted by Gasteiger charge is -2.24.